The zero-order chi connectivity index (χ0) is 34.2. The Morgan fingerprint density at radius 2 is 1.79 bits per heavy atom. The molecule has 6 aliphatic rings. The van der Waals surface area contributed by atoms with Crippen LogP contribution in [0.2, 0.25) is 0 Å². The second-order valence-corrected chi connectivity index (χ2v) is 16.0. The molecular formula is C36H54O11. The molecule has 2 aliphatic heterocycles. The van der Waals surface area contributed by atoms with E-state index in [1.165, 1.54) is 6.92 Å². The Labute approximate surface area is 277 Å². The van der Waals surface area contributed by atoms with Crippen LogP contribution in [0.5, 0.6) is 0 Å². The van der Waals surface area contributed by atoms with Gasteiger partial charge in [0.1, 0.15) is 42.2 Å². The molecule has 0 spiro atoms. The minimum absolute atomic E-state index is 0.0323. The van der Waals surface area contributed by atoms with E-state index in [2.05, 4.69) is 19.9 Å². The van der Waals surface area contributed by atoms with E-state index >= 15 is 0 Å². The number of cyclic esters (lactones) is 1. The predicted octanol–water partition coefficient (Wildman–Crippen LogP) is 2.69. The third-order valence-corrected chi connectivity index (χ3v) is 13.7. The summed E-state index contributed by atoms with van der Waals surface area (Å²) < 4.78 is 23.7. The number of carbonyl (C=O) groups excluding carboxylic acids is 2. The Bertz CT molecular complexity index is 1310. The zero-order valence-electron chi connectivity index (χ0n) is 28.6. The van der Waals surface area contributed by atoms with Gasteiger partial charge in [-0.25, -0.2) is 4.79 Å². The second kappa shape index (κ2) is 12.5. The molecule has 1 saturated heterocycles. The summed E-state index contributed by atoms with van der Waals surface area (Å²) in [7, 11) is 0. The quantitative estimate of drug-likeness (QED) is 0.209. The molecule has 0 aromatic rings. The summed E-state index contributed by atoms with van der Waals surface area (Å²) in [5.74, 6) is 0.138. The maximum Gasteiger partial charge on any atom is 0.334 e. The molecule has 0 aromatic heterocycles. The number of carbonyl (C=O) groups is 2. The van der Waals surface area contributed by atoms with E-state index in [4.69, 9.17) is 18.9 Å². The summed E-state index contributed by atoms with van der Waals surface area (Å²) in [5.41, 5.74) is 0.973. The molecule has 264 valence electrons. The van der Waals surface area contributed by atoms with Crippen LogP contribution in [-0.2, 0) is 28.5 Å². The van der Waals surface area contributed by atoms with E-state index in [1.807, 2.05) is 13.8 Å². The number of hydrogen-bond donors (Lipinski definition) is 5. The molecule has 11 nitrogen and oxygen atoms in total. The number of rotatable bonds is 6. The first kappa shape index (κ1) is 35.0. The van der Waals surface area contributed by atoms with Gasteiger partial charge in [-0.3, -0.25) is 4.79 Å². The molecule has 2 heterocycles. The Balaban J connectivity index is 1.24. The van der Waals surface area contributed by atoms with E-state index in [-0.39, 0.29) is 29.2 Å². The van der Waals surface area contributed by atoms with E-state index < -0.39 is 66.6 Å². The van der Waals surface area contributed by atoms with Crippen molar-refractivity contribution in [1.29, 1.82) is 0 Å². The molecule has 0 amide bonds. The van der Waals surface area contributed by atoms with Gasteiger partial charge >= 0.3 is 11.9 Å². The summed E-state index contributed by atoms with van der Waals surface area (Å²) in [6.45, 7) is 11.0. The molecular weight excluding hydrogens is 608 g/mol. The van der Waals surface area contributed by atoms with Gasteiger partial charge in [0.25, 0.3) is 0 Å². The summed E-state index contributed by atoms with van der Waals surface area (Å²) in [4.78, 5) is 25.1. The molecule has 4 fully saturated rings. The largest absolute Gasteiger partial charge is 0.462 e. The van der Waals surface area contributed by atoms with Crippen LogP contribution in [0.25, 0.3) is 0 Å². The maximum atomic E-state index is 12.6. The highest BCUT2D eigenvalue weighted by atomic mass is 16.7. The lowest BCUT2D eigenvalue weighted by molar-refractivity contribution is -0.315. The zero-order valence-corrected chi connectivity index (χ0v) is 28.6. The monoisotopic (exact) mass is 662 g/mol. The minimum Gasteiger partial charge on any atom is -0.462 e. The van der Waals surface area contributed by atoms with Crippen molar-refractivity contribution in [3.8, 4) is 0 Å². The van der Waals surface area contributed by atoms with E-state index in [9.17, 15) is 35.1 Å². The number of aliphatic hydroxyl groups excluding tert-OH is 4. The number of allylic oxidation sites excluding steroid dienone is 1. The highest BCUT2D eigenvalue weighted by molar-refractivity contribution is 5.89. The lowest BCUT2D eigenvalue weighted by Gasteiger charge is -2.60. The van der Waals surface area contributed by atoms with Crippen LogP contribution >= 0.6 is 0 Å². The summed E-state index contributed by atoms with van der Waals surface area (Å²) >= 11 is 0. The molecule has 15 atom stereocenters. The molecule has 11 heteroatoms. The standard InChI is InChI=1S/C36H54O11/c1-17-13-28(47-32(42)18(17)2)36(6,43)26-10-9-23-22-8-7-20-14-21(45-33-31(41)30(40)29(39)25(16-37)46-33)15-27(44-19(3)38)35(20,5)24(22)11-12-34(23,26)4/h7,21-31,33,37,39-41,43H,8-16H2,1-6H3/t21-,22+,23+,24+,25-,26+,27-,28-,29-,30+,31-,33-,34+,35+,36-/m1/s1. The highest BCUT2D eigenvalue weighted by Crippen LogP contribution is 2.68. The summed E-state index contributed by atoms with van der Waals surface area (Å²) in [6.07, 6.45) is -0.262. The third kappa shape index (κ3) is 5.62. The minimum atomic E-state index is -1.54. The number of ether oxygens (including phenoxy) is 4. The van der Waals surface area contributed by atoms with Crippen LogP contribution in [0.1, 0.15) is 92.9 Å². The van der Waals surface area contributed by atoms with Crippen molar-refractivity contribution in [3.05, 3.63) is 22.8 Å². The van der Waals surface area contributed by atoms with Crippen molar-refractivity contribution in [2.75, 3.05) is 6.61 Å². The van der Waals surface area contributed by atoms with Crippen molar-refractivity contribution in [2.45, 2.75) is 148 Å². The molecule has 0 unspecified atom stereocenters. The molecule has 5 N–H and O–H groups in total. The molecule has 0 aromatic carbocycles. The number of hydrogen-bond acceptors (Lipinski definition) is 11. The maximum absolute atomic E-state index is 12.6. The van der Waals surface area contributed by atoms with Gasteiger partial charge in [-0.2, -0.15) is 0 Å². The van der Waals surface area contributed by atoms with Crippen LogP contribution < -0.4 is 0 Å². The van der Waals surface area contributed by atoms with Gasteiger partial charge < -0.3 is 44.5 Å². The van der Waals surface area contributed by atoms with Crippen LogP contribution in [0.4, 0.5) is 0 Å². The van der Waals surface area contributed by atoms with Crippen LogP contribution in [-0.4, -0.2) is 98.7 Å². The average Bonchev–Trinajstić information content (AvgIpc) is 3.38. The Hall–Kier alpha value is -1.86. The molecule has 0 bridgehead atoms. The van der Waals surface area contributed by atoms with Crippen LogP contribution in [0.3, 0.4) is 0 Å². The first-order valence-electron chi connectivity index (χ1n) is 17.5. The Morgan fingerprint density at radius 1 is 1.06 bits per heavy atom. The van der Waals surface area contributed by atoms with Crippen LogP contribution in [0, 0.1) is 34.5 Å². The lowest BCUT2D eigenvalue weighted by Crippen LogP contribution is -2.61. The fraction of sp³-hybridized carbons (Fsp3) is 0.833. The Kier molecular flexibility index (Phi) is 9.29. The van der Waals surface area contributed by atoms with Gasteiger partial charge in [0, 0.05) is 30.8 Å². The molecule has 47 heavy (non-hydrogen) atoms. The molecule has 3 saturated carbocycles. The summed E-state index contributed by atoms with van der Waals surface area (Å²) in [5, 5.41) is 52.9. The smallest absolute Gasteiger partial charge is 0.334 e. The predicted molar refractivity (Wildman–Crippen MR) is 168 cm³/mol. The first-order valence-corrected chi connectivity index (χ1v) is 17.5. The van der Waals surface area contributed by atoms with Crippen molar-refractivity contribution in [2.24, 2.45) is 34.5 Å². The molecule has 6 rings (SSSR count). The average molecular weight is 663 g/mol. The van der Waals surface area contributed by atoms with E-state index in [0.717, 1.165) is 43.3 Å². The fourth-order valence-corrected chi connectivity index (χ4v) is 10.9. The fourth-order valence-electron chi connectivity index (χ4n) is 10.9. The number of aliphatic hydroxyl groups is 5. The van der Waals surface area contributed by atoms with E-state index in [1.54, 1.807) is 6.92 Å². The third-order valence-electron chi connectivity index (χ3n) is 13.7. The molecule has 4 aliphatic carbocycles. The second-order valence-electron chi connectivity index (χ2n) is 16.0. The topological polar surface area (TPSA) is 172 Å². The summed E-state index contributed by atoms with van der Waals surface area (Å²) in [6, 6.07) is 0. The van der Waals surface area contributed by atoms with E-state index in [0.29, 0.717) is 36.7 Å². The van der Waals surface area contributed by atoms with Gasteiger partial charge in [-0.05, 0) is 88.4 Å². The first-order chi connectivity index (χ1) is 22.0. The van der Waals surface area contributed by atoms with Gasteiger partial charge in [-0.15, -0.1) is 0 Å². The SMILES string of the molecule is CC(=O)O[C@@H]1C[C@H](O[C@@H]2O[C@H](CO)[C@@H](O)[C@H](O)[C@H]2O)CC2=CC[C@H]3[C@@H]4CC[C@H]([C@@](C)(O)[C@H]5CC(C)=C(C)C(=O)O5)[C@@]4(C)CC[C@@H]3[C@]21C. The highest BCUT2D eigenvalue weighted by Gasteiger charge is 2.65. The van der Waals surface area contributed by atoms with Crippen molar-refractivity contribution in [1.82, 2.24) is 0 Å². The van der Waals surface area contributed by atoms with Crippen molar-refractivity contribution in [3.63, 3.8) is 0 Å². The van der Waals surface area contributed by atoms with Gasteiger partial charge in [-0.1, -0.05) is 31.1 Å². The van der Waals surface area contributed by atoms with Crippen molar-refractivity contribution >= 4 is 11.9 Å². The normalized spacial score (nSPS) is 48.0. The van der Waals surface area contributed by atoms with Gasteiger partial charge in [0.2, 0.25) is 0 Å². The van der Waals surface area contributed by atoms with Crippen molar-refractivity contribution < 1.29 is 54.1 Å². The number of esters is 2. The number of fused-ring (bicyclic) bond motifs is 5. The lowest BCUT2D eigenvalue weighted by atomic mass is 9.46. The van der Waals surface area contributed by atoms with Crippen LogP contribution in [0.15, 0.2) is 22.8 Å². The van der Waals surface area contributed by atoms with Gasteiger partial charge in [0.05, 0.1) is 12.7 Å². The Morgan fingerprint density at radius 3 is 2.45 bits per heavy atom. The molecule has 0 radical (unpaired) electrons. The van der Waals surface area contributed by atoms with Gasteiger partial charge in [0.15, 0.2) is 6.29 Å².